The van der Waals surface area contributed by atoms with Gasteiger partial charge in [0.25, 0.3) is 10.9 Å². The molecule has 0 bridgehead atoms. The molecule has 5 nitrogen and oxygen atoms in total. The van der Waals surface area contributed by atoms with Gasteiger partial charge in [-0.3, -0.25) is 9.69 Å². The number of carbonyl (C=O) groups is 1. The summed E-state index contributed by atoms with van der Waals surface area (Å²) in [5, 5.41) is 0.169. The number of hydrogen-bond acceptors (Lipinski definition) is 5. The minimum atomic E-state index is -0.262. The Labute approximate surface area is 116 Å². The molecule has 2 aliphatic rings. The first-order chi connectivity index (χ1) is 9.13. The molecule has 2 aliphatic heterocycles. The van der Waals surface area contributed by atoms with E-state index in [0.717, 1.165) is 5.69 Å². The topological polar surface area (TPSA) is 42.0 Å². The number of amides is 1. The molecule has 6 heteroatoms. The van der Waals surface area contributed by atoms with Crippen LogP contribution in [0.15, 0.2) is 35.9 Å². The summed E-state index contributed by atoms with van der Waals surface area (Å²) in [6.07, 6.45) is 0. The Balaban J connectivity index is 2.03. The van der Waals surface area contributed by atoms with Crippen LogP contribution in [0.3, 0.4) is 0 Å². The maximum atomic E-state index is 12.2. The van der Waals surface area contributed by atoms with Gasteiger partial charge in [-0.15, -0.1) is 0 Å². The van der Waals surface area contributed by atoms with Gasteiger partial charge in [0, 0.05) is 13.6 Å². The zero-order valence-electron chi connectivity index (χ0n) is 10.5. The van der Waals surface area contributed by atoms with Crippen LogP contribution in [0.4, 0.5) is 5.69 Å². The van der Waals surface area contributed by atoms with E-state index in [1.807, 2.05) is 38.2 Å². The SMILES string of the molecule is CCN1C(=O)/C(=C2/Oc3ccccc3N2C)OC1=S. The van der Waals surface area contributed by atoms with Crippen molar-refractivity contribution in [2.24, 2.45) is 0 Å². The van der Waals surface area contributed by atoms with Crippen LogP contribution in [0.5, 0.6) is 5.75 Å². The number of likely N-dealkylation sites (N-methyl/N-ethyl adjacent to an activating group) is 1. The maximum Gasteiger partial charge on any atom is 0.302 e. The van der Waals surface area contributed by atoms with Crippen molar-refractivity contribution in [3.63, 3.8) is 0 Å². The number of anilines is 1. The number of carbonyl (C=O) groups excluding carboxylic acids is 1. The fraction of sp³-hybridized carbons (Fsp3) is 0.231. The number of rotatable bonds is 1. The van der Waals surface area contributed by atoms with Crippen molar-refractivity contribution in [2.45, 2.75) is 6.92 Å². The number of nitrogens with zero attached hydrogens (tertiary/aromatic N) is 2. The second-order valence-corrected chi connectivity index (χ2v) is 4.53. The second kappa shape index (κ2) is 4.24. The first-order valence-electron chi connectivity index (χ1n) is 5.92. The van der Waals surface area contributed by atoms with Crippen LogP contribution in [0.25, 0.3) is 0 Å². The molecule has 1 aromatic carbocycles. The lowest BCUT2D eigenvalue weighted by Gasteiger charge is -2.11. The Morgan fingerprint density at radius 2 is 2.00 bits per heavy atom. The highest BCUT2D eigenvalue weighted by atomic mass is 32.1. The molecule has 19 heavy (non-hydrogen) atoms. The van der Waals surface area contributed by atoms with Gasteiger partial charge in [-0.05, 0) is 31.3 Å². The van der Waals surface area contributed by atoms with Gasteiger partial charge < -0.3 is 14.4 Å². The van der Waals surface area contributed by atoms with E-state index in [1.54, 1.807) is 4.90 Å². The van der Waals surface area contributed by atoms with E-state index in [0.29, 0.717) is 18.2 Å². The molecular formula is C13H12N2O3S. The number of benzene rings is 1. The molecule has 0 unspecified atom stereocenters. The third-order valence-corrected chi connectivity index (χ3v) is 3.40. The van der Waals surface area contributed by atoms with Gasteiger partial charge in [-0.2, -0.15) is 0 Å². The summed E-state index contributed by atoms with van der Waals surface area (Å²) >= 11 is 5.03. The smallest absolute Gasteiger partial charge is 0.302 e. The van der Waals surface area contributed by atoms with E-state index >= 15 is 0 Å². The van der Waals surface area contributed by atoms with Crippen molar-refractivity contribution in [1.29, 1.82) is 0 Å². The van der Waals surface area contributed by atoms with E-state index < -0.39 is 0 Å². The predicted octanol–water partition coefficient (Wildman–Crippen LogP) is 1.85. The van der Waals surface area contributed by atoms with Crippen LogP contribution in [0.1, 0.15) is 6.92 Å². The highest BCUT2D eigenvalue weighted by molar-refractivity contribution is 7.80. The number of para-hydroxylation sites is 2. The molecule has 0 saturated carbocycles. The molecule has 1 amide bonds. The summed E-state index contributed by atoms with van der Waals surface area (Å²) in [6, 6.07) is 7.54. The predicted molar refractivity (Wildman–Crippen MR) is 73.6 cm³/mol. The lowest BCUT2D eigenvalue weighted by atomic mass is 10.3. The summed E-state index contributed by atoms with van der Waals surface area (Å²) in [6.45, 7) is 2.32. The molecule has 2 heterocycles. The van der Waals surface area contributed by atoms with E-state index in [2.05, 4.69) is 0 Å². The first kappa shape index (κ1) is 12.0. The molecule has 0 aromatic heterocycles. The van der Waals surface area contributed by atoms with Gasteiger partial charge in [-0.25, -0.2) is 0 Å². The molecular weight excluding hydrogens is 264 g/mol. The highest BCUT2D eigenvalue weighted by Crippen LogP contribution is 2.39. The first-order valence-corrected chi connectivity index (χ1v) is 6.33. The highest BCUT2D eigenvalue weighted by Gasteiger charge is 2.39. The molecule has 0 atom stereocenters. The van der Waals surface area contributed by atoms with Crippen LogP contribution in [-0.2, 0) is 9.53 Å². The van der Waals surface area contributed by atoms with Crippen molar-refractivity contribution in [3.05, 3.63) is 35.9 Å². The molecule has 3 rings (SSSR count). The largest absolute Gasteiger partial charge is 0.435 e. The maximum absolute atomic E-state index is 12.2. The molecule has 0 aliphatic carbocycles. The van der Waals surface area contributed by atoms with Crippen molar-refractivity contribution in [2.75, 3.05) is 18.5 Å². The van der Waals surface area contributed by atoms with Crippen molar-refractivity contribution < 1.29 is 14.3 Å². The fourth-order valence-corrected chi connectivity index (χ4v) is 2.40. The van der Waals surface area contributed by atoms with Crippen LogP contribution in [-0.4, -0.2) is 29.6 Å². The molecule has 0 spiro atoms. The summed E-state index contributed by atoms with van der Waals surface area (Å²) < 4.78 is 11.1. The fourth-order valence-electron chi connectivity index (χ4n) is 2.10. The monoisotopic (exact) mass is 276 g/mol. The van der Waals surface area contributed by atoms with Crippen LogP contribution in [0.2, 0.25) is 0 Å². The Kier molecular flexibility index (Phi) is 2.67. The Bertz CT molecular complexity index is 612. The Morgan fingerprint density at radius 3 is 2.63 bits per heavy atom. The average molecular weight is 276 g/mol. The molecule has 1 fully saturated rings. The summed E-state index contributed by atoms with van der Waals surface area (Å²) in [5.41, 5.74) is 0.891. The zero-order chi connectivity index (χ0) is 13.6. The molecule has 1 aromatic rings. The number of hydrogen-bond donors (Lipinski definition) is 0. The van der Waals surface area contributed by atoms with Gasteiger partial charge in [-0.1, -0.05) is 12.1 Å². The number of thiocarbonyl (C=S) groups is 1. The van der Waals surface area contributed by atoms with Crippen molar-refractivity contribution in [1.82, 2.24) is 4.90 Å². The number of ether oxygens (including phenoxy) is 2. The minimum Gasteiger partial charge on any atom is -0.435 e. The van der Waals surface area contributed by atoms with Crippen LogP contribution in [0, 0.1) is 0 Å². The van der Waals surface area contributed by atoms with Crippen LogP contribution < -0.4 is 9.64 Å². The standard InChI is InChI=1S/C13H12N2O3S/c1-3-15-11(16)10(18-13(15)19)12-14(2)8-6-4-5-7-9(8)17-12/h4-7H,3H2,1-2H3/b12-10-. The van der Waals surface area contributed by atoms with Gasteiger partial charge in [0.05, 0.1) is 5.69 Å². The number of fused-ring (bicyclic) bond motifs is 1. The lowest BCUT2D eigenvalue weighted by Crippen LogP contribution is -2.28. The van der Waals surface area contributed by atoms with Gasteiger partial charge in [0.2, 0.25) is 5.88 Å². The van der Waals surface area contributed by atoms with Crippen LogP contribution >= 0.6 is 12.2 Å². The second-order valence-electron chi connectivity index (χ2n) is 4.18. The molecule has 1 saturated heterocycles. The minimum absolute atomic E-state index is 0.144. The van der Waals surface area contributed by atoms with E-state index in [4.69, 9.17) is 21.7 Å². The third-order valence-electron chi connectivity index (χ3n) is 3.10. The van der Waals surface area contributed by atoms with E-state index in [9.17, 15) is 4.79 Å². The van der Waals surface area contributed by atoms with E-state index in [-0.39, 0.29) is 16.8 Å². The molecule has 0 radical (unpaired) electrons. The van der Waals surface area contributed by atoms with Gasteiger partial charge in [0.15, 0.2) is 5.75 Å². The Morgan fingerprint density at radius 1 is 1.26 bits per heavy atom. The zero-order valence-corrected chi connectivity index (χ0v) is 11.4. The van der Waals surface area contributed by atoms with Crippen molar-refractivity contribution in [3.8, 4) is 5.75 Å². The lowest BCUT2D eigenvalue weighted by molar-refractivity contribution is -0.123. The summed E-state index contributed by atoms with van der Waals surface area (Å²) in [5.74, 6) is 0.960. The molecule has 98 valence electrons. The Hall–Kier alpha value is -2.08. The van der Waals surface area contributed by atoms with Gasteiger partial charge >= 0.3 is 5.91 Å². The molecule has 0 N–H and O–H groups in total. The quantitative estimate of drug-likeness (QED) is 0.578. The normalized spacial score (nSPS) is 21.6. The van der Waals surface area contributed by atoms with Crippen molar-refractivity contribution >= 4 is 29.0 Å². The van der Waals surface area contributed by atoms with E-state index in [1.165, 1.54) is 4.90 Å². The van der Waals surface area contributed by atoms with Gasteiger partial charge in [0.1, 0.15) is 0 Å². The third kappa shape index (κ3) is 1.67. The summed E-state index contributed by atoms with van der Waals surface area (Å²) in [4.78, 5) is 15.4. The summed E-state index contributed by atoms with van der Waals surface area (Å²) in [7, 11) is 1.82. The average Bonchev–Trinajstić information content (AvgIpc) is 2.88.